The number of rotatable bonds is 3. The van der Waals surface area contributed by atoms with E-state index < -0.39 is 5.97 Å². The van der Waals surface area contributed by atoms with E-state index in [-0.39, 0.29) is 24.0 Å². The quantitative estimate of drug-likeness (QED) is 0.772. The van der Waals surface area contributed by atoms with Gasteiger partial charge in [0.05, 0.1) is 12.0 Å². The minimum Gasteiger partial charge on any atom is -0.481 e. The second-order valence-electron chi connectivity index (χ2n) is 5.50. The molecule has 3 atom stereocenters. The van der Waals surface area contributed by atoms with Gasteiger partial charge in [-0.3, -0.25) is 4.79 Å². The molecule has 3 aliphatic rings. The monoisotopic (exact) mass is 238 g/mol. The second kappa shape index (κ2) is 3.89. The summed E-state index contributed by atoms with van der Waals surface area (Å²) >= 11 is 0. The van der Waals surface area contributed by atoms with E-state index in [0.29, 0.717) is 18.9 Å². The molecule has 0 spiro atoms. The highest BCUT2D eigenvalue weighted by atomic mass is 16.4. The van der Waals surface area contributed by atoms with Gasteiger partial charge in [-0.2, -0.15) is 0 Å². The predicted molar refractivity (Wildman–Crippen MR) is 60.5 cm³/mol. The van der Waals surface area contributed by atoms with Crippen LogP contribution in [-0.4, -0.2) is 40.6 Å². The lowest BCUT2D eigenvalue weighted by atomic mass is 9.99. The molecule has 0 aromatic carbocycles. The van der Waals surface area contributed by atoms with Crippen LogP contribution >= 0.6 is 0 Å². The van der Waals surface area contributed by atoms with Gasteiger partial charge < -0.3 is 15.3 Å². The van der Waals surface area contributed by atoms with Crippen LogP contribution in [0.15, 0.2) is 0 Å². The zero-order valence-electron chi connectivity index (χ0n) is 9.76. The van der Waals surface area contributed by atoms with E-state index in [2.05, 4.69) is 5.32 Å². The summed E-state index contributed by atoms with van der Waals surface area (Å²) in [5, 5.41) is 11.9. The summed E-state index contributed by atoms with van der Waals surface area (Å²) in [7, 11) is 0. The van der Waals surface area contributed by atoms with Crippen LogP contribution in [0, 0.1) is 11.8 Å². The number of carbonyl (C=O) groups is 2. The van der Waals surface area contributed by atoms with Crippen molar-refractivity contribution < 1.29 is 14.7 Å². The van der Waals surface area contributed by atoms with Gasteiger partial charge in [0, 0.05) is 12.6 Å². The van der Waals surface area contributed by atoms with Gasteiger partial charge >= 0.3 is 12.0 Å². The van der Waals surface area contributed by atoms with Gasteiger partial charge in [-0.15, -0.1) is 0 Å². The first-order chi connectivity index (χ1) is 8.16. The maximum absolute atomic E-state index is 11.8. The van der Waals surface area contributed by atoms with Crippen molar-refractivity contribution in [1.29, 1.82) is 0 Å². The van der Waals surface area contributed by atoms with Gasteiger partial charge in [-0.05, 0) is 25.2 Å². The number of hydrogen-bond acceptors (Lipinski definition) is 2. The molecular formula is C12H18N2O3. The molecule has 2 aliphatic carbocycles. The van der Waals surface area contributed by atoms with Crippen molar-refractivity contribution in [2.45, 2.75) is 44.2 Å². The summed E-state index contributed by atoms with van der Waals surface area (Å²) in [5.41, 5.74) is 0. The Kier molecular flexibility index (Phi) is 2.49. The number of amides is 2. The van der Waals surface area contributed by atoms with Gasteiger partial charge in [0.25, 0.3) is 0 Å². The van der Waals surface area contributed by atoms with Gasteiger partial charge in [-0.25, -0.2) is 4.79 Å². The first-order valence-corrected chi connectivity index (χ1v) is 6.47. The van der Waals surface area contributed by atoms with Gasteiger partial charge in [0.1, 0.15) is 0 Å². The van der Waals surface area contributed by atoms with Crippen LogP contribution in [0.25, 0.3) is 0 Å². The number of aliphatic carboxylic acids is 1. The summed E-state index contributed by atoms with van der Waals surface area (Å²) in [6.07, 6.45) is 5.55. The molecule has 3 rings (SSSR count). The number of carboxylic acids is 1. The number of urea groups is 1. The topological polar surface area (TPSA) is 69.6 Å². The van der Waals surface area contributed by atoms with Crippen molar-refractivity contribution in [1.82, 2.24) is 10.2 Å². The van der Waals surface area contributed by atoms with E-state index in [1.54, 1.807) is 4.90 Å². The van der Waals surface area contributed by atoms with Gasteiger partial charge in [0.15, 0.2) is 0 Å². The fourth-order valence-electron chi connectivity index (χ4n) is 3.29. The van der Waals surface area contributed by atoms with E-state index in [1.165, 1.54) is 25.7 Å². The van der Waals surface area contributed by atoms with Crippen molar-refractivity contribution in [3.8, 4) is 0 Å². The summed E-state index contributed by atoms with van der Waals surface area (Å²) in [4.78, 5) is 24.4. The fraction of sp³-hybridized carbons (Fsp3) is 0.833. The van der Waals surface area contributed by atoms with Crippen LogP contribution in [0.5, 0.6) is 0 Å². The van der Waals surface area contributed by atoms with Crippen molar-refractivity contribution in [2.75, 3.05) is 6.54 Å². The third kappa shape index (κ3) is 1.87. The maximum Gasteiger partial charge on any atom is 0.318 e. The molecule has 3 fully saturated rings. The zero-order chi connectivity index (χ0) is 12.0. The summed E-state index contributed by atoms with van der Waals surface area (Å²) in [6, 6.07) is 0.134. The van der Waals surface area contributed by atoms with E-state index in [4.69, 9.17) is 5.11 Å². The standard InChI is InChI=1S/C12H18N2O3/c15-11(16)8-5-10(8)14-6-9(13-12(14)17)7-3-1-2-4-7/h7-10H,1-6H2,(H,13,17)(H,15,16). The van der Waals surface area contributed by atoms with Crippen molar-refractivity contribution in [3.05, 3.63) is 0 Å². The van der Waals surface area contributed by atoms with Gasteiger partial charge in [-0.1, -0.05) is 12.8 Å². The molecule has 1 saturated heterocycles. The third-order valence-electron chi connectivity index (χ3n) is 4.41. The molecule has 2 N–H and O–H groups in total. The van der Waals surface area contributed by atoms with Crippen LogP contribution in [-0.2, 0) is 4.79 Å². The number of nitrogens with one attached hydrogen (secondary N) is 1. The predicted octanol–water partition coefficient (Wildman–Crippen LogP) is 1.04. The molecule has 0 radical (unpaired) electrons. The molecule has 5 heteroatoms. The lowest BCUT2D eigenvalue weighted by molar-refractivity contribution is -0.138. The van der Waals surface area contributed by atoms with Crippen LogP contribution in [0.4, 0.5) is 4.79 Å². The lowest BCUT2D eigenvalue weighted by Gasteiger charge is -2.17. The molecular weight excluding hydrogens is 220 g/mol. The second-order valence-corrected chi connectivity index (χ2v) is 5.50. The Labute approximate surface area is 100 Å². The molecule has 2 saturated carbocycles. The number of nitrogens with zero attached hydrogens (tertiary/aromatic N) is 1. The Hall–Kier alpha value is -1.26. The minimum atomic E-state index is -0.771. The number of hydrogen-bond donors (Lipinski definition) is 2. The average molecular weight is 238 g/mol. The van der Waals surface area contributed by atoms with Crippen LogP contribution in [0.2, 0.25) is 0 Å². The fourth-order valence-corrected chi connectivity index (χ4v) is 3.29. The van der Waals surface area contributed by atoms with Crippen molar-refractivity contribution >= 4 is 12.0 Å². The summed E-state index contributed by atoms with van der Waals surface area (Å²) in [6.45, 7) is 0.706. The Morgan fingerprint density at radius 1 is 1.35 bits per heavy atom. The molecule has 0 bridgehead atoms. The Morgan fingerprint density at radius 3 is 2.65 bits per heavy atom. The van der Waals surface area contributed by atoms with E-state index in [9.17, 15) is 9.59 Å². The first-order valence-electron chi connectivity index (χ1n) is 6.47. The highest BCUT2D eigenvalue weighted by molar-refractivity contribution is 5.81. The van der Waals surface area contributed by atoms with E-state index >= 15 is 0 Å². The van der Waals surface area contributed by atoms with Crippen LogP contribution in [0.1, 0.15) is 32.1 Å². The summed E-state index contributed by atoms with van der Waals surface area (Å²) < 4.78 is 0. The average Bonchev–Trinajstić information content (AvgIpc) is 2.73. The molecule has 94 valence electrons. The van der Waals surface area contributed by atoms with E-state index in [0.717, 1.165) is 0 Å². The highest BCUT2D eigenvalue weighted by Gasteiger charge is 2.52. The van der Waals surface area contributed by atoms with Crippen LogP contribution in [0.3, 0.4) is 0 Å². The Bertz CT molecular complexity index is 352. The smallest absolute Gasteiger partial charge is 0.318 e. The molecule has 1 heterocycles. The van der Waals surface area contributed by atoms with Crippen molar-refractivity contribution in [3.63, 3.8) is 0 Å². The third-order valence-corrected chi connectivity index (χ3v) is 4.41. The molecule has 0 aromatic heterocycles. The largest absolute Gasteiger partial charge is 0.481 e. The lowest BCUT2D eigenvalue weighted by Crippen LogP contribution is -2.33. The summed E-state index contributed by atoms with van der Waals surface area (Å²) in [5.74, 6) is -0.499. The SMILES string of the molecule is O=C(O)C1CC1N1CC(C2CCCC2)NC1=O. The molecule has 2 amide bonds. The van der Waals surface area contributed by atoms with Gasteiger partial charge in [0.2, 0.25) is 0 Å². The van der Waals surface area contributed by atoms with Crippen molar-refractivity contribution in [2.24, 2.45) is 11.8 Å². The normalized spacial score (nSPS) is 37.3. The number of carbonyl (C=O) groups excluding carboxylic acids is 1. The maximum atomic E-state index is 11.8. The highest BCUT2D eigenvalue weighted by Crippen LogP contribution is 2.39. The zero-order valence-corrected chi connectivity index (χ0v) is 9.76. The Morgan fingerprint density at radius 2 is 2.06 bits per heavy atom. The molecule has 5 nitrogen and oxygen atoms in total. The molecule has 1 aliphatic heterocycles. The van der Waals surface area contributed by atoms with E-state index in [1.807, 2.05) is 0 Å². The molecule has 0 aromatic rings. The van der Waals surface area contributed by atoms with Crippen LogP contribution < -0.4 is 5.32 Å². The first kappa shape index (κ1) is 10.9. The molecule has 17 heavy (non-hydrogen) atoms. The number of carboxylic acid groups (broad SMARTS) is 1. The minimum absolute atomic E-state index is 0.0566. The Balaban J connectivity index is 1.61. The molecule has 3 unspecified atom stereocenters.